The van der Waals surface area contributed by atoms with Crippen molar-refractivity contribution in [2.24, 2.45) is 0 Å². The zero-order valence-electron chi connectivity index (χ0n) is 15.6. The molecule has 2 atom stereocenters. The Bertz CT molecular complexity index is 561. The van der Waals surface area contributed by atoms with Crippen molar-refractivity contribution in [3.63, 3.8) is 0 Å². The van der Waals surface area contributed by atoms with Gasteiger partial charge in [0.05, 0.1) is 19.8 Å². The number of aliphatic hydroxyl groups excluding tert-OH is 1. The highest BCUT2D eigenvalue weighted by molar-refractivity contribution is 5.49. The minimum Gasteiger partial charge on any atom is -0.497 e. The summed E-state index contributed by atoms with van der Waals surface area (Å²) in [6.07, 6.45) is 5.71. The summed E-state index contributed by atoms with van der Waals surface area (Å²) in [5.41, 5.74) is 0.616. The van der Waals surface area contributed by atoms with Crippen LogP contribution in [0.15, 0.2) is 24.3 Å². The predicted molar refractivity (Wildman–Crippen MR) is 101 cm³/mol. The summed E-state index contributed by atoms with van der Waals surface area (Å²) in [5, 5.41) is 10.2. The molecule has 5 nitrogen and oxygen atoms in total. The van der Waals surface area contributed by atoms with Gasteiger partial charge in [0.2, 0.25) is 0 Å². The largest absolute Gasteiger partial charge is 0.497 e. The van der Waals surface area contributed by atoms with Crippen LogP contribution >= 0.6 is 0 Å². The van der Waals surface area contributed by atoms with Crippen LogP contribution in [0.2, 0.25) is 0 Å². The van der Waals surface area contributed by atoms with E-state index in [2.05, 4.69) is 27.9 Å². The molecule has 1 N–H and O–H groups in total. The molecule has 1 fully saturated rings. The molecule has 1 aliphatic heterocycles. The number of terminal acetylenes is 1. The molecule has 5 heteroatoms. The molecule has 1 heterocycles. The van der Waals surface area contributed by atoms with Crippen molar-refractivity contribution in [2.45, 2.75) is 32.0 Å². The first kappa shape index (κ1) is 19.6. The number of hydrogen-bond acceptors (Lipinski definition) is 5. The first-order valence-corrected chi connectivity index (χ1v) is 8.91. The lowest BCUT2D eigenvalue weighted by Crippen LogP contribution is -2.49. The number of anilines is 1. The van der Waals surface area contributed by atoms with Gasteiger partial charge in [-0.1, -0.05) is 12.8 Å². The van der Waals surface area contributed by atoms with E-state index in [0.29, 0.717) is 6.54 Å². The highest BCUT2D eigenvalue weighted by atomic mass is 16.5. The molecule has 0 aromatic heterocycles. The standard InChI is InChI=1S/C20H30N2O3/c1-5-20(3,6-2)25-16-18(23)15-21-11-13-22(14-12-21)17-7-9-19(24-4)10-8-17/h1,7-10,18,23H,6,11-16H2,2-4H3/t18-,20-/m0/s1. The Labute approximate surface area is 151 Å². The summed E-state index contributed by atoms with van der Waals surface area (Å²) < 4.78 is 10.9. The number of ether oxygens (including phenoxy) is 2. The van der Waals surface area contributed by atoms with E-state index in [9.17, 15) is 5.11 Å². The Kier molecular flexibility index (Phi) is 7.12. The molecule has 1 aromatic carbocycles. The molecule has 25 heavy (non-hydrogen) atoms. The molecule has 0 saturated carbocycles. The van der Waals surface area contributed by atoms with E-state index in [4.69, 9.17) is 15.9 Å². The molecular formula is C20H30N2O3. The summed E-state index contributed by atoms with van der Waals surface area (Å²) >= 11 is 0. The summed E-state index contributed by atoms with van der Waals surface area (Å²) in [7, 11) is 1.68. The van der Waals surface area contributed by atoms with Gasteiger partial charge in [-0.25, -0.2) is 0 Å². The lowest BCUT2D eigenvalue weighted by atomic mass is 10.1. The number of hydrogen-bond donors (Lipinski definition) is 1. The van der Waals surface area contributed by atoms with Crippen molar-refractivity contribution >= 4 is 5.69 Å². The van der Waals surface area contributed by atoms with Gasteiger partial charge >= 0.3 is 0 Å². The predicted octanol–water partition coefficient (Wildman–Crippen LogP) is 2.00. The fourth-order valence-corrected chi connectivity index (χ4v) is 2.86. The molecule has 138 valence electrons. The molecule has 0 bridgehead atoms. The number of aliphatic hydroxyl groups is 1. The van der Waals surface area contributed by atoms with Crippen molar-refractivity contribution < 1.29 is 14.6 Å². The van der Waals surface area contributed by atoms with E-state index in [0.717, 1.165) is 38.3 Å². The third-order valence-corrected chi connectivity index (χ3v) is 4.85. The molecule has 0 spiro atoms. The zero-order valence-corrected chi connectivity index (χ0v) is 15.6. The fraction of sp³-hybridized carbons (Fsp3) is 0.600. The third-order valence-electron chi connectivity index (χ3n) is 4.85. The minimum absolute atomic E-state index is 0.271. The van der Waals surface area contributed by atoms with Crippen molar-refractivity contribution in [1.82, 2.24) is 4.90 Å². The van der Waals surface area contributed by atoms with Crippen LogP contribution in [-0.2, 0) is 4.74 Å². The lowest BCUT2D eigenvalue weighted by molar-refractivity contribution is -0.0473. The zero-order chi connectivity index (χ0) is 18.3. The second-order valence-corrected chi connectivity index (χ2v) is 6.68. The van der Waals surface area contributed by atoms with Crippen LogP contribution < -0.4 is 9.64 Å². The van der Waals surface area contributed by atoms with Crippen LogP contribution in [0.3, 0.4) is 0 Å². The van der Waals surface area contributed by atoms with Crippen LogP contribution in [-0.4, -0.2) is 68.2 Å². The van der Waals surface area contributed by atoms with Crippen molar-refractivity contribution in [3.05, 3.63) is 24.3 Å². The van der Waals surface area contributed by atoms with Crippen molar-refractivity contribution in [2.75, 3.05) is 51.3 Å². The van der Waals surface area contributed by atoms with Crippen molar-refractivity contribution in [1.29, 1.82) is 0 Å². The van der Waals surface area contributed by atoms with Gasteiger partial charge in [0.25, 0.3) is 0 Å². The Morgan fingerprint density at radius 1 is 1.24 bits per heavy atom. The summed E-state index contributed by atoms with van der Waals surface area (Å²) in [4.78, 5) is 4.62. The average molecular weight is 346 g/mol. The molecule has 0 radical (unpaired) electrons. The topological polar surface area (TPSA) is 45.2 Å². The Morgan fingerprint density at radius 2 is 1.88 bits per heavy atom. The van der Waals surface area contributed by atoms with Crippen LogP contribution in [0.25, 0.3) is 0 Å². The quantitative estimate of drug-likeness (QED) is 0.730. The number of piperazine rings is 1. The number of nitrogens with zero attached hydrogens (tertiary/aromatic N) is 2. The maximum absolute atomic E-state index is 10.2. The fourth-order valence-electron chi connectivity index (χ4n) is 2.86. The van der Waals surface area contributed by atoms with Gasteiger partial charge < -0.3 is 19.5 Å². The smallest absolute Gasteiger partial charge is 0.125 e. The van der Waals surface area contributed by atoms with E-state index in [1.165, 1.54) is 5.69 Å². The van der Waals surface area contributed by atoms with Gasteiger partial charge in [-0.15, -0.1) is 6.42 Å². The third kappa shape index (κ3) is 5.64. The van der Waals surface area contributed by atoms with Gasteiger partial charge in [-0.05, 0) is 37.6 Å². The van der Waals surface area contributed by atoms with Crippen LogP contribution in [0.4, 0.5) is 5.69 Å². The first-order chi connectivity index (χ1) is 12.0. The number of β-amino-alcohol motifs (C(OH)–C–C–N with tert-alkyl or cyclic N) is 1. The van der Waals surface area contributed by atoms with Crippen molar-refractivity contribution in [3.8, 4) is 18.1 Å². The van der Waals surface area contributed by atoms with Gasteiger partial charge in [-0.3, -0.25) is 4.90 Å². The van der Waals surface area contributed by atoms with E-state index >= 15 is 0 Å². The average Bonchev–Trinajstić information content (AvgIpc) is 2.67. The number of methoxy groups -OCH3 is 1. The highest BCUT2D eigenvalue weighted by Gasteiger charge is 2.23. The molecule has 1 aromatic rings. The molecule has 2 rings (SSSR count). The van der Waals surface area contributed by atoms with E-state index < -0.39 is 11.7 Å². The molecule has 1 saturated heterocycles. The maximum Gasteiger partial charge on any atom is 0.125 e. The van der Waals surface area contributed by atoms with Gasteiger partial charge in [0.15, 0.2) is 0 Å². The highest BCUT2D eigenvalue weighted by Crippen LogP contribution is 2.20. The van der Waals surface area contributed by atoms with E-state index in [-0.39, 0.29) is 6.61 Å². The second-order valence-electron chi connectivity index (χ2n) is 6.68. The van der Waals surface area contributed by atoms with E-state index in [1.807, 2.05) is 26.0 Å². The van der Waals surface area contributed by atoms with Crippen LogP contribution in [0, 0.1) is 12.3 Å². The maximum atomic E-state index is 10.2. The Balaban J connectivity index is 1.75. The minimum atomic E-state index is -0.589. The SMILES string of the molecule is C#C[C@@](C)(CC)OC[C@@H](O)CN1CCN(c2ccc(OC)cc2)CC1. The van der Waals surface area contributed by atoms with E-state index in [1.54, 1.807) is 7.11 Å². The molecule has 0 aliphatic carbocycles. The first-order valence-electron chi connectivity index (χ1n) is 8.91. The summed E-state index contributed by atoms with van der Waals surface area (Å²) in [6, 6.07) is 8.14. The monoisotopic (exact) mass is 346 g/mol. The van der Waals surface area contributed by atoms with Gasteiger partial charge in [0, 0.05) is 38.4 Å². The van der Waals surface area contributed by atoms with Crippen LogP contribution in [0.1, 0.15) is 20.3 Å². The Morgan fingerprint density at radius 3 is 2.40 bits per heavy atom. The summed E-state index contributed by atoms with van der Waals surface area (Å²) in [5.74, 6) is 3.53. The number of rotatable bonds is 8. The molecule has 0 amide bonds. The second kappa shape index (κ2) is 9.10. The van der Waals surface area contributed by atoms with Crippen LogP contribution in [0.5, 0.6) is 5.75 Å². The summed E-state index contributed by atoms with van der Waals surface area (Å²) in [6.45, 7) is 8.48. The molecule has 1 aliphatic rings. The number of benzene rings is 1. The normalized spacial score (nSPS) is 19.1. The van der Waals surface area contributed by atoms with Gasteiger partial charge in [0.1, 0.15) is 11.4 Å². The Hall–Kier alpha value is -1.74. The van der Waals surface area contributed by atoms with Gasteiger partial charge in [-0.2, -0.15) is 0 Å². The lowest BCUT2D eigenvalue weighted by Gasteiger charge is -2.37. The molecular weight excluding hydrogens is 316 g/mol. The molecule has 0 unspecified atom stereocenters.